The Hall–Kier alpha value is -7.16. The number of nitrogens with zero attached hydrogens (tertiary/aromatic N) is 2. The molecule has 0 amide bonds. The minimum atomic E-state index is -0.227. The molecule has 0 N–H and O–H groups in total. The molecule has 0 aliphatic heterocycles. The van der Waals surface area contributed by atoms with Crippen molar-refractivity contribution < 1.29 is 0 Å². The second-order valence-electron chi connectivity index (χ2n) is 20.1. The fraction of sp³-hybridized carbons (Fsp3) is 0.188. The van der Waals surface area contributed by atoms with Crippen molar-refractivity contribution in [3.63, 3.8) is 0 Å². The summed E-state index contributed by atoms with van der Waals surface area (Å²) in [6, 6.07) is 67.3. The van der Waals surface area contributed by atoms with Crippen LogP contribution in [0.4, 0.5) is 28.4 Å². The number of rotatable bonds is 8. The van der Waals surface area contributed by atoms with Gasteiger partial charge >= 0.3 is 0 Å². The monoisotopic (exact) mass is 854 g/mol. The lowest BCUT2D eigenvalue weighted by molar-refractivity contribution is 0.380. The van der Waals surface area contributed by atoms with Crippen LogP contribution >= 0.6 is 0 Å². The van der Waals surface area contributed by atoms with Crippen LogP contribution in [0.25, 0.3) is 33.4 Å². The van der Waals surface area contributed by atoms with Gasteiger partial charge in [-0.25, -0.2) is 0 Å². The molecule has 0 fully saturated rings. The molecule has 2 nitrogen and oxygen atoms in total. The maximum Gasteiger partial charge on any atom is 0.0467 e. The first-order chi connectivity index (χ1) is 31.9. The minimum Gasteiger partial charge on any atom is -0.311 e. The normalized spacial score (nSPS) is 17.2. The molecule has 3 aliphatic rings. The highest BCUT2D eigenvalue weighted by atomic mass is 15.2. The quantitative estimate of drug-likeness (QED) is 0.150. The lowest BCUT2D eigenvalue weighted by atomic mass is 9.69. The summed E-state index contributed by atoms with van der Waals surface area (Å²) in [5, 5.41) is 0. The summed E-state index contributed by atoms with van der Waals surface area (Å²) < 4.78 is 0. The number of aryl methyl sites for hydroxylation is 3. The van der Waals surface area contributed by atoms with Gasteiger partial charge in [-0.3, -0.25) is 0 Å². The average Bonchev–Trinajstić information content (AvgIpc) is 3.70. The standard InChI is InChI=1S/C64H58N2/c1-41-17-15-23-51(35-41)65(49-29-25-47(26-30-49)45-19-11-9-12-20-45)53-37-43(3)59-55-33-34-56-60-44(4)38-54(40-58(60)64(7,8)62(56)61(55)63(5,6)57(59)39-53)66(52-24-16-18-42(2)36-52)50-31-27-48(28-32-50)46-21-13-10-14-22-46/h9-40,57,59H,1-8H3. The number of hydrogen-bond acceptors (Lipinski definition) is 2. The molecule has 0 bridgehead atoms. The smallest absolute Gasteiger partial charge is 0.0467 e. The van der Waals surface area contributed by atoms with Crippen molar-refractivity contribution in [2.75, 3.05) is 9.80 Å². The van der Waals surface area contributed by atoms with Crippen LogP contribution in [0.1, 0.15) is 79.5 Å². The Morgan fingerprint density at radius 2 is 0.970 bits per heavy atom. The molecule has 2 unspecified atom stereocenters. The summed E-state index contributed by atoms with van der Waals surface area (Å²) in [5.74, 6) is 0.581. The molecule has 0 saturated heterocycles. The molecule has 0 radical (unpaired) electrons. The Morgan fingerprint density at radius 1 is 0.439 bits per heavy atom. The zero-order chi connectivity index (χ0) is 45.5. The van der Waals surface area contributed by atoms with Crippen LogP contribution in [0.15, 0.2) is 205 Å². The molecule has 324 valence electrons. The van der Waals surface area contributed by atoms with Gasteiger partial charge < -0.3 is 9.80 Å². The molecule has 8 aromatic rings. The van der Waals surface area contributed by atoms with Gasteiger partial charge in [0, 0.05) is 45.5 Å². The lowest BCUT2D eigenvalue weighted by Crippen LogP contribution is -2.31. The van der Waals surface area contributed by atoms with Crippen molar-refractivity contribution in [1.82, 2.24) is 0 Å². The summed E-state index contributed by atoms with van der Waals surface area (Å²) in [5.41, 5.74) is 25.5. The van der Waals surface area contributed by atoms with Crippen LogP contribution in [0.3, 0.4) is 0 Å². The van der Waals surface area contributed by atoms with Gasteiger partial charge in [-0.1, -0.05) is 161 Å². The van der Waals surface area contributed by atoms with Gasteiger partial charge in [0.25, 0.3) is 0 Å². The van der Waals surface area contributed by atoms with Gasteiger partial charge in [0.1, 0.15) is 0 Å². The Morgan fingerprint density at radius 3 is 1.53 bits per heavy atom. The first-order valence-electron chi connectivity index (χ1n) is 23.7. The van der Waals surface area contributed by atoms with E-state index in [2.05, 4.69) is 259 Å². The molecule has 0 spiro atoms. The molecular weight excluding hydrogens is 797 g/mol. The van der Waals surface area contributed by atoms with Crippen molar-refractivity contribution in [2.24, 2.45) is 5.92 Å². The highest BCUT2D eigenvalue weighted by molar-refractivity contribution is 5.90. The molecule has 8 aromatic carbocycles. The first-order valence-corrected chi connectivity index (χ1v) is 23.7. The lowest BCUT2D eigenvalue weighted by Gasteiger charge is -2.37. The Balaban J connectivity index is 1.00. The first kappa shape index (κ1) is 41.5. The van der Waals surface area contributed by atoms with Crippen molar-refractivity contribution in [1.29, 1.82) is 0 Å². The Kier molecular flexibility index (Phi) is 9.93. The zero-order valence-corrected chi connectivity index (χ0v) is 39.5. The van der Waals surface area contributed by atoms with E-state index >= 15 is 0 Å². The maximum atomic E-state index is 2.61. The largest absolute Gasteiger partial charge is 0.311 e. The third-order valence-corrected chi connectivity index (χ3v) is 15.0. The Bertz CT molecular complexity index is 3220. The predicted octanol–water partition coefficient (Wildman–Crippen LogP) is 17.4. The van der Waals surface area contributed by atoms with E-state index < -0.39 is 0 Å². The summed E-state index contributed by atoms with van der Waals surface area (Å²) >= 11 is 0. The highest BCUT2D eigenvalue weighted by Crippen LogP contribution is 2.63. The second-order valence-corrected chi connectivity index (χ2v) is 20.1. The van der Waals surface area contributed by atoms with Crippen LogP contribution in [0.2, 0.25) is 0 Å². The van der Waals surface area contributed by atoms with E-state index in [1.54, 1.807) is 0 Å². The van der Waals surface area contributed by atoms with Gasteiger partial charge in [0.2, 0.25) is 0 Å². The summed E-state index contributed by atoms with van der Waals surface area (Å²) in [6.07, 6.45) is 5.08. The molecule has 0 saturated carbocycles. The van der Waals surface area contributed by atoms with Gasteiger partial charge in [0.05, 0.1) is 0 Å². The average molecular weight is 855 g/mol. The molecule has 0 heterocycles. The van der Waals surface area contributed by atoms with Gasteiger partial charge in [-0.2, -0.15) is 0 Å². The van der Waals surface area contributed by atoms with E-state index in [9.17, 15) is 0 Å². The van der Waals surface area contributed by atoms with Crippen molar-refractivity contribution >= 4 is 28.4 Å². The third kappa shape index (κ3) is 6.77. The van der Waals surface area contributed by atoms with Gasteiger partial charge in [-0.15, -0.1) is 0 Å². The fourth-order valence-corrected chi connectivity index (χ4v) is 11.9. The molecule has 11 rings (SSSR count). The van der Waals surface area contributed by atoms with Crippen LogP contribution in [0, 0.1) is 26.7 Å². The topological polar surface area (TPSA) is 6.48 Å². The van der Waals surface area contributed by atoms with E-state index in [-0.39, 0.29) is 16.7 Å². The SMILES string of the molecule is CC1=CC(N(c2ccc(-c3ccccc3)cc2)c2cccc(C)c2)=CC2C1c1ccc3c(c1C2(C)C)C(C)(C)c1cc(N(c2ccc(-c4ccccc4)cc2)c2cccc(C)c2)cc(C)c1-3. The minimum absolute atomic E-state index is 0.133. The van der Waals surface area contributed by atoms with E-state index in [1.165, 1.54) is 95.0 Å². The van der Waals surface area contributed by atoms with Gasteiger partial charge in [-0.05, 0) is 178 Å². The molecule has 3 aliphatic carbocycles. The van der Waals surface area contributed by atoms with E-state index in [0.717, 1.165) is 17.1 Å². The molecule has 0 aromatic heterocycles. The maximum absolute atomic E-state index is 2.61. The van der Waals surface area contributed by atoms with Gasteiger partial charge in [0.15, 0.2) is 0 Å². The number of anilines is 5. The molecular formula is C64H58N2. The Labute approximate surface area is 392 Å². The fourth-order valence-electron chi connectivity index (χ4n) is 11.9. The summed E-state index contributed by atoms with van der Waals surface area (Å²) in [4.78, 5) is 4.93. The summed E-state index contributed by atoms with van der Waals surface area (Å²) in [7, 11) is 0. The second kappa shape index (κ2) is 15.8. The van der Waals surface area contributed by atoms with Crippen molar-refractivity contribution in [2.45, 2.75) is 72.1 Å². The zero-order valence-electron chi connectivity index (χ0n) is 39.5. The summed E-state index contributed by atoms with van der Waals surface area (Å²) in [6.45, 7) is 19.1. The van der Waals surface area contributed by atoms with Crippen molar-refractivity contribution in [3.05, 3.63) is 244 Å². The van der Waals surface area contributed by atoms with Crippen LogP contribution < -0.4 is 9.80 Å². The van der Waals surface area contributed by atoms with Crippen LogP contribution in [-0.4, -0.2) is 0 Å². The van der Waals surface area contributed by atoms with E-state index in [4.69, 9.17) is 0 Å². The highest BCUT2D eigenvalue weighted by Gasteiger charge is 2.52. The van der Waals surface area contributed by atoms with Crippen molar-refractivity contribution in [3.8, 4) is 33.4 Å². The van der Waals surface area contributed by atoms with Crippen LogP contribution in [0.5, 0.6) is 0 Å². The predicted molar refractivity (Wildman–Crippen MR) is 280 cm³/mol. The van der Waals surface area contributed by atoms with Crippen LogP contribution in [-0.2, 0) is 10.8 Å². The molecule has 2 heteroatoms. The van der Waals surface area contributed by atoms with E-state index in [1.807, 2.05) is 0 Å². The number of fused-ring (bicyclic) bond motifs is 7. The number of hydrogen-bond donors (Lipinski definition) is 0. The number of allylic oxidation sites excluding steroid dienone is 3. The third-order valence-electron chi connectivity index (χ3n) is 15.0. The molecule has 2 atom stereocenters. The molecule has 66 heavy (non-hydrogen) atoms. The number of benzene rings is 8. The van der Waals surface area contributed by atoms with E-state index in [0.29, 0.717) is 5.92 Å².